The van der Waals surface area contributed by atoms with Gasteiger partial charge in [0.25, 0.3) is 0 Å². The van der Waals surface area contributed by atoms with E-state index in [0.717, 1.165) is 32.4 Å². The first-order valence-corrected chi connectivity index (χ1v) is 9.42. The van der Waals surface area contributed by atoms with Gasteiger partial charge in [0.05, 0.1) is 5.75 Å². The molecule has 1 aliphatic carbocycles. The molecule has 1 aromatic rings. The molecule has 19 heavy (non-hydrogen) atoms. The van der Waals surface area contributed by atoms with Crippen molar-refractivity contribution >= 4 is 21.4 Å². The third-order valence-electron chi connectivity index (χ3n) is 3.39. The zero-order valence-electron chi connectivity index (χ0n) is 11.3. The van der Waals surface area contributed by atoms with Crippen molar-refractivity contribution in [3.05, 3.63) is 21.9 Å². The summed E-state index contributed by atoms with van der Waals surface area (Å²) >= 11 is 1.73. The molecule has 0 bridgehead atoms. The molecule has 0 fully saturated rings. The summed E-state index contributed by atoms with van der Waals surface area (Å²) in [5.41, 5.74) is 1.19. The second-order valence-electron chi connectivity index (χ2n) is 4.89. The average Bonchev–Trinajstić information content (AvgIpc) is 2.84. The van der Waals surface area contributed by atoms with E-state index in [4.69, 9.17) is 0 Å². The van der Waals surface area contributed by atoms with E-state index >= 15 is 0 Å². The van der Waals surface area contributed by atoms with Gasteiger partial charge >= 0.3 is 0 Å². The van der Waals surface area contributed by atoms with Gasteiger partial charge in [0.15, 0.2) is 0 Å². The Morgan fingerprint density at radius 1 is 1.47 bits per heavy atom. The Hall–Kier alpha value is -0.430. The Kier molecular flexibility index (Phi) is 5.38. The maximum Gasteiger partial charge on any atom is 0.212 e. The molecule has 0 saturated carbocycles. The van der Waals surface area contributed by atoms with Crippen molar-refractivity contribution in [1.82, 2.24) is 10.0 Å². The first-order valence-electron chi connectivity index (χ1n) is 6.89. The highest BCUT2D eigenvalue weighted by Gasteiger charge is 2.25. The summed E-state index contributed by atoms with van der Waals surface area (Å²) < 4.78 is 27.0. The molecule has 4 nitrogen and oxygen atoms in total. The van der Waals surface area contributed by atoms with Crippen LogP contribution in [-0.4, -0.2) is 27.3 Å². The van der Waals surface area contributed by atoms with E-state index in [0.29, 0.717) is 6.42 Å². The van der Waals surface area contributed by atoms with Crippen LogP contribution in [0.25, 0.3) is 0 Å². The minimum atomic E-state index is -3.17. The van der Waals surface area contributed by atoms with E-state index in [2.05, 4.69) is 21.5 Å². The van der Waals surface area contributed by atoms with Crippen molar-refractivity contribution in [2.45, 2.75) is 38.6 Å². The highest BCUT2D eigenvalue weighted by Crippen LogP contribution is 2.33. The molecule has 0 aliphatic heterocycles. The maximum atomic E-state index is 12.1. The van der Waals surface area contributed by atoms with Crippen LogP contribution in [0.3, 0.4) is 0 Å². The number of aryl methyl sites for hydroxylation is 1. The Bertz CT molecular complexity index is 496. The molecule has 0 saturated heterocycles. The lowest BCUT2D eigenvalue weighted by atomic mass is 9.95. The van der Waals surface area contributed by atoms with Gasteiger partial charge in [-0.05, 0) is 55.8 Å². The standard InChI is InChI=1S/C13H22N2O2S2/c1-2-14-8-4-10-19(16,17)15-12-5-3-6-13-11(12)7-9-18-13/h7,9,12,14-15H,2-6,8,10H2,1H3. The minimum absolute atomic E-state index is 0.0147. The second-order valence-corrected chi connectivity index (χ2v) is 7.76. The minimum Gasteiger partial charge on any atom is -0.317 e. The highest BCUT2D eigenvalue weighted by atomic mass is 32.2. The summed E-state index contributed by atoms with van der Waals surface area (Å²) in [6.07, 6.45) is 3.73. The molecule has 6 heteroatoms. The molecule has 2 rings (SSSR count). The smallest absolute Gasteiger partial charge is 0.212 e. The number of fused-ring (bicyclic) bond motifs is 1. The van der Waals surface area contributed by atoms with E-state index in [1.165, 1.54) is 10.4 Å². The van der Waals surface area contributed by atoms with Crippen molar-refractivity contribution in [3.8, 4) is 0 Å². The van der Waals surface area contributed by atoms with Gasteiger partial charge in [-0.3, -0.25) is 0 Å². The third kappa shape index (κ3) is 4.27. The lowest BCUT2D eigenvalue weighted by molar-refractivity contribution is 0.509. The molecule has 1 aliphatic rings. The molecule has 2 N–H and O–H groups in total. The van der Waals surface area contributed by atoms with Gasteiger partial charge in [0.2, 0.25) is 10.0 Å². The molecule has 0 radical (unpaired) electrons. The van der Waals surface area contributed by atoms with Gasteiger partial charge in [0, 0.05) is 10.9 Å². The van der Waals surface area contributed by atoms with E-state index in [9.17, 15) is 8.42 Å². The fourth-order valence-corrected chi connectivity index (χ4v) is 4.76. The molecule has 0 aromatic carbocycles. The lowest BCUT2D eigenvalue weighted by Crippen LogP contribution is -2.33. The topological polar surface area (TPSA) is 58.2 Å². The molecule has 108 valence electrons. The summed E-state index contributed by atoms with van der Waals surface area (Å²) in [5.74, 6) is 0.204. The van der Waals surface area contributed by atoms with Gasteiger partial charge in [0.1, 0.15) is 0 Å². The van der Waals surface area contributed by atoms with E-state index < -0.39 is 10.0 Å². The lowest BCUT2D eigenvalue weighted by Gasteiger charge is -2.23. The summed E-state index contributed by atoms with van der Waals surface area (Å²) in [7, 11) is -3.17. The third-order valence-corrected chi connectivity index (χ3v) is 5.86. The summed E-state index contributed by atoms with van der Waals surface area (Å²) in [6.45, 7) is 3.66. The fraction of sp³-hybridized carbons (Fsp3) is 0.692. The van der Waals surface area contributed by atoms with Crippen molar-refractivity contribution in [2.75, 3.05) is 18.8 Å². The van der Waals surface area contributed by atoms with Crippen LogP contribution in [-0.2, 0) is 16.4 Å². The normalized spacial score (nSPS) is 19.3. The van der Waals surface area contributed by atoms with Crippen LogP contribution in [0, 0.1) is 0 Å². The van der Waals surface area contributed by atoms with Crippen molar-refractivity contribution in [2.24, 2.45) is 0 Å². The predicted molar refractivity (Wildman–Crippen MR) is 80.1 cm³/mol. The highest BCUT2D eigenvalue weighted by molar-refractivity contribution is 7.89. The summed E-state index contributed by atoms with van der Waals surface area (Å²) in [4.78, 5) is 1.34. The number of rotatable bonds is 7. The van der Waals surface area contributed by atoms with Gasteiger partial charge < -0.3 is 5.32 Å². The van der Waals surface area contributed by atoms with E-state index in [-0.39, 0.29) is 11.8 Å². The van der Waals surface area contributed by atoms with Crippen molar-refractivity contribution in [3.63, 3.8) is 0 Å². The quantitative estimate of drug-likeness (QED) is 0.758. The van der Waals surface area contributed by atoms with Gasteiger partial charge in [-0.1, -0.05) is 6.92 Å². The average molecular weight is 302 g/mol. The molecule has 1 unspecified atom stereocenters. The van der Waals surface area contributed by atoms with Crippen LogP contribution >= 0.6 is 11.3 Å². The van der Waals surface area contributed by atoms with Crippen molar-refractivity contribution in [1.29, 1.82) is 0 Å². The molecular weight excluding hydrogens is 280 g/mol. The number of thiophene rings is 1. The Morgan fingerprint density at radius 2 is 2.32 bits per heavy atom. The Morgan fingerprint density at radius 3 is 3.11 bits per heavy atom. The molecule has 0 spiro atoms. The van der Waals surface area contributed by atoms with E-state index in [1.807, 2.05) is 6.92 Å². The second kappa shape index (κ2) is 6.83. The van der Waals surface area contributed by atoms with Crippen LogP contribution in [0.15, 0.2) is 11.4 Å². The van der Waals surface area contributed by atoms with Gasteiger partial charge in [-0.2, -0.15) is 0 Å². The van der Waals surface area contributed by atoms with Gasteiger partial charge in [-0.25, -0.2) is 13.1 Å². The van der Waals surface area contributed by atoms with Crippen LogP contribution in [0.5, 0.6) is 0 Å². The summed E-state index contributed by atoms with van der Waals surface area (Å²) in [6, 6.07) is 2.05. The van der Waals surface area contributed by atoms with Crippen LogP contribution in [0.2, 0.25) is 0 Å². The first kappa shape index (κ1) is 15.0. The van der Waals surface area contributed by atoms with Gasteiger partial charge in [-0.15, -0.1) is 11.3 Å². The number of sulfonamides is 1. The molecular formula is C13H22N2O2S2. The number of nitrogens with one attached hydrogen (secondary N) is 2. The van der Waals surface area contributed by atoms with E-state index in [1.54, 1.807) is 11.3 Å². The van der Waals surface area contributed by atoms with Crippen LogP contribution < -0.4 is 10.0 Å². The van der Waals surface area contributed by atoms with Crippen LogP contribution in [0.1, 0.15) is 42.7 Å². The van der Waals surface area contributed by atoms with Crippen molar-refractivity contribution < 1.29 is 8.42 Å². The first-order chi connectivity index (χ1) is 9.12. The predicted octanol–water partition coefficient (Wildman–Crippen LogP) is 2.04. The fourth-order valence-electron chi connectivity index (χ4n) is 2.45. The molecule has 1 aromatic heterocycles. The Balaban J connectivity index is 1.91. The largest absolute Gasteiger partial charge is 0.317 e. The zero-order valence-corrected chi connectivity index (χ0v) is 12.9. The SMILES string of the molecule is CCNCCCS(=O)(=O)NC1CCCc2sccc21. The number of hydrogen-bond acceptors (Lipinski definition) is 4. The zero-order chi connectivity index (χ0) is 13.7. The maximum absolute atomic E-state index is 12.1. The summed E-state index contributed by atoms with van der Waals surface area (Å²) in [5, 5.41) is 5.20. The Labute approximate surface area is 119 Å². The molecule has 0 amide bonds. The number of hydrogen-bond donors (Lipinski definition) is 2. The van der Waals surface area contributed by atoms with Crippen LogP contribution in [0.4, 0.5) is 0 Å². The molecule has 1 atom stereocenters. The molecule has 1 heterocycles. The monoisotopic (exact) mass is 302 g/mol.